The van der Waals surface area contributed by atoms with Crippen molar-refractivity contribution in [3.63, 3.8) is 0 Å². The van der Waals surface area contributed by atoms with E-state index in [1.165, 1.54) is 13.8 Å². The highest BCUT2D eigenvalue weighted by atomic mass is 32.2. The Hall–Kier alpha value is -2.02. The highest BCUT2D eigenvalue weighted by Gasteiger charge is 2.59. The Morgan fingerprint density at radius 3 is 2.48 bits per heavy atom. The third kappa shape index (κ3) is 3.36. The predicted molar refractivity (Wildman–Crippen MR) is 73.3 cm³/mol. The molecule has 0 saturated carbocycles. The highest BCUT2D eigenvalue weighted by molar-refractivity contribution is 8.01. The minimum absolute atomic E-state index is 0.147. The molecule has 1 heterocycles. The fraction of sp³-hybridized carbons (Fsp3) is 0.357. The normalized spacial score (nSPS) is 24.3. The number of ether oxygens (including phenoxy) is 3. The fourth-order valence-electron chi connectivity index (χ4n) is 1.92. The van der Waals surface area contributed by atoms with Gasteiger partial charge in [-0.3, -0.25) is 9.59 Å². The standard InChI is InChI=1S/C14H14O6S/c1-9(15)19-12-8-18-13(17)14(12,20-10(2)16)21-11-6-4-3-5-7-11/h3-7,12H,8H2,1-2H3. The minimum Gasteiger partial charge on any atom is -0.458 e. The van der Waals surface area contributed by atoms with Crippen LogP contribution in [0.4, 0.5) is 0 Å². The summed E-state index contributed by atoms with van der Waals surface area (Å²) in [5.74, 6) is -1.98. The zero-order chi connectivity index (χ0) is 15.5. The number of esters is 3. The SMILES string of the molecule is CC(=O)OC1COC(=O)C1(OC(C)=O)Sc1ccccc1. The lowest BCUT2D eigenvalue weighted by Gasteiger charge is -2.28. The van der Waals surface area contributed by atoms with Crippen LogP contribution >= 0.6 is 11.8 Å². The van der Waals surface area contributed by atoms with Gasteiger partial charge in [-0.25, -0.2) is 4.79 Å². The Labute approximate surface area is 125 Å². The van der Waals surface area contributed by atoms with Gasteiger partial charge >= 0.3 is 17.9 Å². The smallest absolute Gasteiger partial charge is 0.366 e. The molecule has 0 aromatic heterocycles. The number of carbonyl (C=O) groups excluding carboxylic acids is 3. The Balaban J connectivity index is 2.36. The molecule has 0 N–H and O–H groups in total. The molecular weight excluding hydrogens is 296 g/mol. The van der Waals surface area contributed by atoms with Crippen LogP contribution < -0.4 is 0 Å². The van der Waals surface area contributed by atoms with Crippen LogP contribution in [0.5, 0.6) is 0 Å². The zero-order valence-electron chi connectivity index (χ0n) is 11.5. The summed E-state index contributed by atoms with van der Waals surface area (Å²) in [5, 5.41) is 0. The molecule has 2 rings (SSSR count). The number of hydrogen-bond donors (Lipinski definition) is 0. The monoisotopic (exact) mass is 310 g/mol. The summed E-state index contributed by atoms with van der Waals surface area (Å²) in [7, 11) is 0. The predicted octanol–water partition coefficient (Wildman–Crippen LogP) is 1.53. The lowest BCUT2D eigenvalue weighted by Crippen LogP contribution is -2.47. The molecule has 0 radical (unpaired) electrons. The van der Waals surface area contributed by atoms with Crippen molar-refractivity contribution in [3.05, 3.63) is 30.3 Å². The summed E-state index contributed by atoms with van der Waals surface area (Å²) < 4.78 is 15.2. The number of rotatable bonds is 4. The number of carbonyl (C=O) groups is 3. The number of thioether (sulfide) groups is 1. The van der Waals surface area contributed by atoms with Crippen LogP contribution in [0.15, 0.2) is 35.2 Å². The van der Waals surface area contributed by atoms with Crippen molar-refractivity contribution in [3.8, 4) is 0 Å². The molecule has 1 aliphatic heterocycles. The van der Waals surface area contributed by atoms with Gasteiger partial charge in [-0.15, -0.1) is 0 Å². The molecule has 1 aromatic rings. The summed E-state index contributed by atoms with van der Waals surface area (Å²) in [4.78, 5) is 33.7. The molecule has 1 saturated heterocycles. The molecule has 2 unspecified atom stereocenters. The van der Waals surface area contributed by atoms with E-state index >= 15 is 0 Å². The first kappa shape index (κ1) is 15.4. The first-order valence-corrected chi connectivity index (χ1v) is 7.04. The fourth-order valence-corrected chi connectivity index (χ4v) is 3.11. The van der Waals surface area contributed by atoms with Crippen molar-refractivity contribution < 1.29 is 28.6 Å². The van der Waals surface area contributed by atoms with Crippen molar-refractivity contribution in [1.82, 2.24) is 0 Å². The van der Waals surface area contributed by atoms with Crippen LogP contribution in [0, 0.1) is 0 Å². The van der Waals surface area contributed by atoms with Gasteiger partial charge < -0.3 is 14.2 Å². The van der Waals surface area contributed by atoms with Gasteiger partial charge in [0.2, 0.25) is 0 Å². The van der Waals surface area contributed by atoms with Crippen LogP contribution in [0.1, 0.15) is 13.8 Å². The van der Waals surface area contributed by atoms with Crippen molar-refractivity contribution in [2.75, 3.05) is 6.61 Å². The van der Waals surface area contributed by atoms with E-state index in [1.54, 1.807) is 24.3 Å². The first-order chi connectivity index (χ1) is 9.94. The van der Waals surface area contributed by atoms with Gasteiger partial charge in [0.15, 0.2) is 6.10 Å². The quantitative estimate of drug-likeness (QED) is 0.474. The average molecular weight is 310 g/mol. The van der Waals surface area contributed by atoms with Gasteiger partial charge in [-0.2, -0.15) is 0 Å². The summed E-state index contributed by atoms with van der Waals surface area (Å²) in [5.41, 5.74) is 0. The van der Waals surface area contributed by atoms with E-state index in [0.29, 0.717) is 4.90 Å². The third-order valence-electron chi connectivity index (χ3n) is 2.69. The maximum absolute atomic E-state index is 12.1. The van der Waals surface area contributed by atoms with Crippen LogP contribution in [0.25, 0.3) is 0 Å². The van der Waals surface area contributed by atoms with Gasteiger partial charge in [-0.05, 0) is 12.1 Å². The molecule has 2 atom stereocenters. The number of hydrogen-bond acceptors (Lipinski definition) is 7. The summed E-state index contributed by atoms with van der Waals surface area (Å²) in [6.45, 7) is 2.25. The molecule has 112 valence electrons. The molecule has 1 aliphatic rings. The molecule has 6 nitrogen and oxygen atoms in total. The Kier molecular flexibility index (Phi) is 4.52. The van der Waals surface area contributed by atoms with Gasteiger partial charge in [0.05, 0.1) is 0 Å². The average Bonchev–Trinajstić information content (AvgIpc) is 2.68. The molecule has 0 bridgehead atoms. The second-order valence-electron chi connectivity index (χ2n) is 4.37. The van der Waals surface area contributed by atoms with Gasteiger partial charge in [0.25, 0.3) is 4.93 Å². The van der Waals surface area contributed by atoms with Gasteiger partial charge in [0.1, 0.15) is 6.61 Å². The van der Waals surface area contributed by atoms with Crippen molar-refractivity contribution in [1.29, 1.82) is 0 Å². The number of benzene rings is 1. The second kappa shape index (κ2) is 6.17. The van der Waals surface area contributed by atoms with Crippen LogP contribution in [-0.2, 0) is 28.6 Å². The van der Waals surface area contributed by atoms with Gasteiger partial charge in [0, 0.05) is 18.7 Å². The molecule has 0 spiro atoms. The van der Waals surface area contributed by atoms with E-state index in [2.05, 4.69) is 0 Å². The van der Waals surface area contributed by atoms with E-state index in [0.717, 1.165) is 11.8 Å². The van der Waals surface area contributed by atoms with Gasteiger partial charge in [-0.1, -0.05) is 30.0 Å². The third-order valence-corrected chi connectivity index (χ3v) is 4.01. The summed E-state index contributed by atoms with van der Waals surface area (Å²) in [6, 6.07) is 8.90. The maximum Gasteiger partial charge on any atom is 0.366 e. The highest BCUT2D eigenvalue weighted by Crippen LogP contribution is 2.42. The Morgan fingerprint density at radius 2 is 1.90 bits per heavy atom. The molecule has 7 heteroatoms. The van der Waals surface area contributed by atoms with E-state index < -0.39 is 28.9 Å². The molecular formula is C14H14O6S. The molecule has 0 amide bonds. The molecule has 1 fully saturated rings. The first-order valence-electron chi connectivity index (χ1n) is 6.22. The van der Waals surface area contributed by atoms with E-state index in [9.17, 15) is 14.4 Å². The minimum atomic E-state index is -1.71. The molecule has 0 aliphatic carbocycles. The maximum atomic E-state index is 12.1. The molecule has 1 aromatic carbocycles. The van der Waals surface area contributed by atoms with Crippen molar-refractivity contribution >= 4 is 29.7 Å². The van der Waals surface area contributed by atoms with E-state index in [-0.39, 0.29) is 6.61 Å². The Bertz CT molecular complexity index is 558. The van der Waals surface area contributed by atoms with E-state index in [4.69, 9.17) is 14.2 Å². The Morgan fingerprint density at radius 1 is 1.24 bits per heavy atom. The lowest BCUT2D eigenvalue weighted by molar-refractivity contribution is -0.170. The lowest BCUT2D eigenvalue weighted by atomic mass is 10.2. The van der Waals surface area contributed by atoms with E-state index in [1.807, 2.05) is 6.07 Å². The largest absolute Gasteiger partial charge is 0.458 e. The zero-order valence-corrected chi connectivity index (χ0v) is 12.3. The molecule has 21 heavy (non-hydrogen) atoms. The number of cyclic esters (lactones) is 1. The van der Waals surface area contributed by atoms with Crippen molar-refractivity contribution in [2.24, 2.45) is 0 Å². The van der Waals surface area contributed by atoms with Crippen LogP contribution in [0.3, 0.4) is 0 Å². The van der Waals surface area contributed by atoms with Crippen LogP contribution in [0.2, 0.25) is 0 Å². The van der Waals surface area contributed by atoms with Crippen molar-refractivity contribution in [2.45, 2.75) is 29.8 Å². The summed E-state index contributed by atoms with van der Waals surface area (Å²) in [6.07, 6.45) is -0.989. The summed E-state index contributed by atoms with van der Waals surface area (Å²) >= 11 is 0.990. The van der Waals surface area contributed by atoms with Crippen LogP contribution in [-0.4, -0.2) is 35.6 Å². The second-order valence-corrected chi connectivity index (χ2v) is 5.65. The topological polar surface area (TPSA) is 78.9 Å².